The third-order valence-electron chi connectivity index (χ3n) is 2.29. The van der Waals surface area contributed by atoms with Gasteiger partial charge in [-0.2, -0.15) is 0 Å². The summed E-state index contributed by atoms with van der Waals surface area (Å²) < 4.78 is 0. The Balaban J connectivity index is 2.29. The van der Waals surface area contributed by atoms with Crippen LogP contribution in [0.25, 0.3) is 0 Å². The number of fused-ring (bicyclic) bond motifs is 1. The summed E-state index contributed by atoms with van der Waals surface area (Å²) in [6.07, 6.45) is -0.539. The summed E-state index contributed by atoms with van der Waals surface area (Å²) in [6.45, 7) is 1.29. The van der Waals surface area contributed by atoms with Gasteiger partial charge in [0.2, 0.25) is 0 Å². The van der Waals surface area contributed by atoms with Crippen molar-refractivity contribution in [3.05, 3.63) is 23.8 Å². The fourth-order valence-corrected chi connectivity index (χ4v) is 2.43. The average Bonchev–Trinajstić information content (AvgIpc) is 2.27. The lowest BCUT2D eigenvalue weighted by molar-refractivity contribution is 0.186. The third-order valence-corrected chi connectivity index (χ3v) is 3.35. The lowest BCUT2D eigenvalue weighted by Crippen LogP contribution is -2.13. The Morgan fingerprint density at radius 1 is 1.57 bits per heavy atom. The standard InChI is InChI=1S/C10H14N2OS/c11-6-9(13)7-1-2-8-10(5-7)14-4-3-12-8/h1-2,5,9,12-13H,3-4,6,11H2. The van der Waals surface area contributed by atoms with Gasteiger partial charge in [0.1, 0.15) is 0 Å². The van der Waals surface area contributed by atoms with Crippen molar-refractivity contribution in [1.82, 2.24) is 0 Å². The van der Waals surface area contributed by atoms with Crippen LogP contribution in [0.3, 0.4) is 0 Å². The highest BCUT2D eigenvalue weighted by Crippen LogP contribution is 2.32. The molecule has 1 unspecified atom stereocenters. The SMILES string of the molecule is NCC(O)c1ccc2c(c1)SCCN2. The summed E-state index contributed by atoms with van der Waals surface area (Å²) in [5, 5.41) is 12.9. The second-order valence-corrected chi connectivity index (χ2v) is 4.42. The zero-order valence-electron chi connectivity index (χ0n) is 7.86. The predicted octanol–water partition coefficient (Wildman–Crippen LogP) is 1.20. The zero-order valence-corrected chi connectivity index (χ0v) is 8.68. The summed E-state index contributed by atoms with van der Waals surface area (Å²) >= 11 is 1.82. The van der Waals surface area contributed by atoms with Crippen LogP contribution in [0.2, 0.25) is 0 Å². The molecule has 0 aromatic heterocycles. The smallest absolute Gasteiger partial charge is 0.0912 e. The second kappa shape index (κ2) is 4.21. The molecule has 0 saturated heterocycles. The van der Waals surface area contributed by atoms with Gasteiger partial charge in [-0.15, -0.1) is 11.8 Å². The van der Waals surface area contributed by atoms with Crippen molar-refractivity contribution in [2.45, 2.75) is 11.0 Å². The van der Waals surface area contributed by atoms with Crippen molar-refractivity contribution < 1.29 is 5.11 Å². The van der Waals surface area contributed by atoms with Crippen LogP contribution in [0.5, 0.6) is 0 Å². The van der Waals surface area contributed by atoms with Crippen molar-refractivity contribution in [2.75, 3.05) is 24.2 Å². The Hall–Kier alpha value is -0.710. The Bertz CT molecular complexity index is 330. The normalized spacial score (nSPS) is 17.0. The van der Waals surface area contributed by atoms with Crippen molar-refractivity contribution in [1.29, 1.82) is 0 Å². The summed E-state index contributed by atoms with van der Waals surface area (Å²) in [7, 11) is 0. The van der Waals surface area contributed by atoms with Crippen LogP contribution in [-0.4, -0.2) is 23.9 Å². The van der Waals surface area contributed by atoms with Crippen molar-refractivity contribution >= 4 is 17.4 Å². The average molecular weight is 210 g/mol. The summed E-state index contributed by atoms with van der Waals surface area (Å²) in [5.41, 5.74) is 7.47. The van der Waals surface area contributed by atoms with Crippen LogP contribution in [0, 0.1) is 0 Å². The highest BCUT2D eigenvalue weighted by molar-refractivity contribution is 7.99. The fourth-order valence-electron chi connectivity index (χ4n) is 1.49. The number of aliphatic hydroxyl groups excluding tert-OH is 1. The van der Waals surface area contributed by atoms with Crippen LogP contribution in [-0.2, 0) is 0 Å². The molecule has 0 saturated carbocycles. The van der Waals surface area contributed by atoms with Crippen LogP contribution < -0.4 is 11.1 Å². The lowest BCUT2D eigenvalue weighted by atomic mass is 10.1. The first-order valence-corrected chi connectivity index (χ1v) is 5.68. The van der Waals surface area contributed by atoms with Gasteiger partial charge in [0.25, 0.3) is 0 Å². The molecular formula is C10H14N2OS. The van der Waals surface area contributed by atoms with E-state index in [9.17, 15) is 5.11 Å². The second-order valence-electron chi connectivity index (χ2n) is 3.28. The van der Waals surface area contributed by atoms with E-state index >= 15 is 0 Å². The van der Waals surface area contributed by atoms with E-state index in [2.05, 4.69) is 5.32 Å². The molecule has 76 valence electrons. The van der Waals surface area contributed by atoms with E-state index in [0.29, 0.717) is 0 Å². The van der Waals surface area contributed by atoms with Gasteiger partial charge in [-0.1, -0.05) is 6.07 Å². The molecule has 14 heavy (non-hydrogen) atoms. The Morgan fingerprint density at radius 3 is 3.21 bits per heavy atom. The zero-order chi connectivity index (χ0) is 9.97. The van der Waals surface area contributed by atoms with Gasteiger partial charge in [-0.05, 0) is 17.7 Å². The van der Waals surface area contributed by atoms with Crippen LogP contribution in [0.4, 0.5) is 5.69 Å². The number of thioether (sulfide) groups is 1. The van der Waals surface area contributed by atoms with Gasteiger partial charge in [0.15, 0.2) is 0 Å². The number of anilines is 1. The molecule has 0 aliphatic carbocycles. The summed E-state index contributed by atoms with van der Waals surface area (Å²) in [4.78, 5) is 1.21. The predicted molar refractivity (Wildman–Crippen MR) is 59.7 cm³/mol. The molecule has 1 aliphatic heterocycles. The monoisotopic (exact) mass is 210 g/mol. The fraction of sp³-hybridized carbons (Fsp3) is 0.400. The van der Waals surface area contributed by atoms with E-state index in [1.807, 2.05) is 30.0 Å². The van der Waals surface area contributed by atoms with Crippen LogP contribution >= 0.6 is 11.8 Å². The minimum absolute atomic E-state index is 0.275. The third kappa shape index (κ3) is 1.87. The first kappa shape index (κ1) is 9.83. The van der Waals surface area contributed by atoms with E-state index in [-0.39, 0.29) is 6.54 Å². The topological polar surface area (TPSA) is 58.3 Å². The molecule has 1 aliphatic rings. The number of hydrogen-bond donors (Lipinski definition) is 3. The van der Waals surface area contributed by atoms with Gasteiger partial charge in [-0.3, -0.25) is 0 Å². The number of nitrogens with one attached hydrogen (secondary N) is 1. The molecule has 4 heteroatoms. The van der Waals surface area contributed by atoms with Gasteiger partial charge < -0.3 is 16.2 Å². The molecule has 1 aromatic carbocycles. The number of benzene rings is 1. The first-order chi connectivity index (χ1) is 6.81. The molecule has 0 radical (unpaired) electrons. The van der Waals surface area contributed by atoms with E-state index < -0.39 is 6.10 Å². The quantitative estimate of drug-likeness (QED) is 0.686. The maximum atomic E-state index is 9.58. The highest BCUT2D eigenvalue weighted by Gasteiger charge is 2.12. The van der Waals surface area contributed by atoms with Crippen molar-refractivity contribution in [3.63, 3.8) is 0 Å². The minimum atomic E-state index is -0.539. The molecule has 3 nitrogen and oxygen atoms in total. The van der Waals surface area contributed by atoms with Crippen molar-refractivity contribution in [3.8, 4) is 0 Å². The van der Waals surface area contributed by atoms with Gasteiger partial charge in [-0.25, -0.2) is 0 Å². The van der Waals surface area contributed by atoms with Crippen LogP contribution in [0.1, 0.15) is 11.7 Å². The maximum absolute atomic E-state index is 9.58. The first-order valence-electron chi connectivity index (χ1n) is 4.70. The molecule has 0 amide bonds. The summed E-state index contributed by atoms with van der Waals surface area (Å²) in [6, 6.07) is 5.95. The van der Waals surface area contributed by atoms with Crippen molar-refractivity contribution in [2.24, 2.45) is 5.73 Å². The molecule has 4 N–H and O–H groups in total. The molecule has 0 fully saturated rings. The molecule has 2 rings (SSSR count). The van der Waals surface area contributed by atoms with Crippen LogP contribution in [0.15, 0.2) is 23.1 Å². The van der Waals surface area contributed by atoms with Gasteiger partial charge in [0, 0.05) is 29.4 Å². The number of aliphatic hydroxyl groups is 1. The molecule has 1 aromatic rings. The lowest BCUT2D eigenvalue weighted by Gasteiger charge is -2.19. The molecular weight excluding hydrogens is 196 g/mol. The van der Waals surface area contributed by atoms with E-state index in [0.717, 1.165) is 23.5 Å². The van der Waals surface area contributed by atoms with E-state index in [4.69, 9.17) is 5.73 Å². The molecule has 1 heterocycles. The molecule has 0 spiro atoms. The maximum Gasteiger partial charge on any atom is 0.0912 e. The van der Waals surface area contributed by atoms with E-state index in [1.165, 1.54) is 4.90 Å². The molecule has 1 atom stereocenters. The Morgan fingerprint density at radius 2 is 2.43 bits per heavy atom. The Labute approximate surface area is 87.7 Å². The van der Waals surface area contributed by atoms with Gasteiger partial charge >= 0.3 is 0 Å². The van der Waals surface area contributed by atoms with Gasteiger partial charge in [0.05, 0.1) is 6.10 Å². The number of hydrogen-bond acceptors (Lipinski definition) is 4. The van der Waals surface area contributed by atoms with E-state index in [1.54, 1.807) is 0 Å². The minimum Gasteiger partial charge on any atom is -0.387 e. The number of rotatable bonds is 2. The highest BCUT2D eigenvalue weighted by atomic mass is 32.2. The molecule has 0 bridgehead atoms. The largest absolute Gasteiger partial charge is 0.387 e. The summed E-state index contributed by atoms with van der Waals surface area (Å²) in [5.74, 6) is 1.08. The number of nitrogens with two attached hydrogens (primary N) is 1. The Kier molecular flexibility index (Phi) is 2.96.